The molecule has 1 heterocycles. The van der Waals surface area contributed by atoms with Crippen molar-refractivity contribution in [2.75, 3.05) is 0 Å². The minimum absolute atomic E-state index is 0.209. The van der Waals surface area contributed by atoms with Crippen molar-refractivity contribution in [1.82, 2.24) is 4.98 Å². The molecule has 0 aliphatic carbocycles. The summed E-state index contributed by atoms with van der Waals surface area (Å²) in [5, 5.41) is 10.5. The van der Waals surface area contributed by atoms with Gasteiger partial charge in [0.25, 0.3) is 0 Å². The highest BCUT2D eigenvalue weighted by molar-refractivity contribution is 6.31. The number of hydrogen-bond donors (Lipinski definition) is 1. The molecule has 1 N–H and O–H groups in total. The van der Waals surface area contributed by atoms with Gasteiger partial charge in [-0.15, -0.1) is 0 Å². The van der Waals surface area contributed by atoms with Crippen LogP contribution in [0, 0.1) is 0 Å². The van der Waals surface area contributed by atoms with Crippen LogP contribution in [-0.4, -0.2) is 16.1 Å². The van der Waals surface area contributed by atoms with Crippen LogP contribution in [-0.2, 0) is 0 Å². The summed E-state index contributed by atoms with van der Waals surface area (Å²) in [5.74, 6) is -0.537. The molecule has 0 saturated heterocycles. The first-order chi connectivity index (χ1) is 11.0. The van der Waals surface area contributed by atoms with Gasteiger partial charge in [0.05, 0.1) is 16.8 Å². The second kappa shape index (κ2) is 6.01. The highest BCUT2D eigenvalue weighted by Gasteiger charge is 2.13. The summed E-state index contributed by atoms with van der Waals surface area (Å²) in [5.41, 5.74) is 3.61. The van der Waals surface area contributed by atoms with Crippen molar-refractivity contribution in [2.24, 2.45) is 0 Å². The van der Waals surface area contributed by atoms with Gasteiger partial charge in [-0.25, -0.2) is 9.78 Å². The smallest absolute Gasteiger partial charge is 0.336 e. The molecule has 0 bridgehead atoms. The first-order valence-electron chi connectivity index (χ1n) is 7.39. The summed E-state index contributed by atoms with van der Waals surface area (Å²) >= 11 is 5.98. The molecule has 0 fully saturated rings. The zero-order chi connectivity index (χ0) is 16.6. The number of rotatable bonds is 3. The standard InChI is InChI=1S/C19H16ClNO2/c1-11(2)12-3-5-13(6-4-12)18-10-16(19(22)23)15-9-14(20)7-8-17(15)21-18/h3-11H,1-2H3,(H,22,23). The van der Waals surface area contributed by atoms with Gasteiger partial charge >= 0.3 is 5.97 Å². The molecule has 1 aromatic heterocycles. The van der Waals surface area contributed by atoms with Gasteiger partial charge in [0.2, 0.25) is 0 Å². The van der Waals surface area contributed by atoms with Crippen LogP contribution >= 0.6 is 11.6 Å². The van der Waals surface area contributed by atoms with E-state index in [0.717, 1.165) is 5.56 Å². The minimum atomic E-state index is -0.986. The molecule has 116 valence electrons. The van der Waals surface area contributed by atoms with Gasteiger partial charge in [0.1, 0.15) is 0 Å². The first kappa shape index (κ1) is 15.5. The molecule has 23 heavy (non-hydrogen) atoms. The summed E-state index contributed by atoms with van der Waals surface area (Å²) < 4.78 is 0. The van der Waals surface area contributed by atoms with Crippen LogP contribution in [0.3, 0.4) is 0 Å². The van der Waals surface area contributed by atoms with Crippen LogP contribution in [0.15, 0.2) is 48.5 Å². The third-order valence-corrected chi connectivity index (χ3v) is 4.11. The van der Waals surface area contributed by atoms with E-state index >= 15 is 0 Å². The molecule has 0 radical (unpaired) electrons. The second-order valence-electron chi connectivity index (χ2n) is 5.80. The Hall–Kier alpha value is -2.39. The van der Waals surface area contributed by atoms with E-state index in [1.807, 2.05) is 24.3 Å². The largest absolute Gasteiger partial charge is 0.478 e. The Morgan fingerprint density at radius 2 is 1.78 bits per heavy atom. The van der Waals surface area contributed by atoms with E-state index in [-0.39, 0.29) is 5.56 Å². The maximum absolute atomic E-state index is 11.6. The molecule has 0 aliphatic rings. The molecule has 0 saturated carbocycles. The number of carboxylic acid groups (broad SMARTS) is 1. The molecule has 2 aromatic carbocycles. The molecule has 3 nitrogen and oxygen atoms in total. The molecule has 0 unspecified atom stereocenters. The fourth-order valence-corrected chi connectivity index (χ4v) is 2.73. The van der Waals surface area contributed by atoms with Gasteiger partial charge < -0.3 is 5.11 Å². The van der Waals surface area contributed by atoms with Crippen LogP contribution in [0.2, 0.25) is 5.02 Å². The Kier molecular flexibility index (Phi) is 4.05. The Morgan fingerprint density at radius 3 is 2.39 bits per heavy atom. The lowest BCUT2D eigenvalue weighted by Crippen LogP contribution is -2.00. The third-order valence-electron chi connectivity index (χ3n) is 3.87. The molecule has 4 heteroatoms. The van der Waals surface area contributed by atoms with E-state index in [4.69, 9.17) is 11.6 Å². The number of carboxylic acids is 1. The highest BCUT2D eigenvalue weighted by atomic mass is 35.5. The third kappa shape index (κ3) is 3.06. The maximum atomic E-state index is 11.6. The summed E-state index contributed by atoms with van der Waals surface area (Å²) in [6.45, 7) is 4.27. The topological polar surface area (TPSA) is 50.2 Å². The SMILES string of the molecule is CC(C)c1ccc(-c2cc(C(=O)O)c3cc(Cl)ccc3n2)cc1. The molecule has 0 amide bonds. The summed E-state index contributed by atoms with van der Waals surface area (Å²) in [4.78, 5) is 16.2. The van der Waals surface area contributed by atoms with E-state index in [2.05, 4.69) is 18.8 Å². The van der Waals surface area contributed by atoms with Crippen molar-refractivity contribution in [3.05, 3.63) is 64.7 Å². The lowest BCUT2D eigenvalue weighted by atomic mass is 9.99. The number of pyridine rings is 1. The van der Waals surface area contributed by atoms with E-state index in [0.29, 0.717) is 27.5 Å². The number of aromatic nitrogens is 1. The fraction of sp³-hybridized carbons (Fsp3) is 0.158. The molecule has 0 aliphatic heterocycles. The van der Waals surface area contributed by atoms with Crippen molar-refractivity contribution < 1.29 is 9.90 Å². The maximum Gasteiger partial charge on any atom is 0.336 e. The predicted molar refractivity (Wildman–Crippen MR) is 93.2 cm³/mol. The number of nitrogens with zero attached hydrogens (tertiary/aromatic N) is 1. The molecule has 0 atom stereocenters. The van der Waals surface area contributed by atoms with Crippen molar-refractivity contribution >= 4 is 28.5 Å². The summed E-state index contributed by atoms with van der Waals surface area (Å²) in [6, 6.07) is 14.8. The first-order valence-corrected chi connectivity index (χ1v) is 7.77. The van der Waals surface area contributed by atoms with E-state index in [9.17, 15) is 9.90 Å². The van der Waals surface area contributed by atoms with Crippen molar-refractivity contribution in [1.29, 1.82) is 0 Å². The van der Waals surface area contributed by atoms with Gasteiger partial charge in [-0.05, 0) is 35.7 Å². The zero-order valence-electron chi connectivity index (χ0n) is 12.9. The van der Waals surface area contributed by atoms with Gasteiger partial charge in [-0.2, -0.15) is 0 Å². The Morgan fingerprint density at radius 1 is 1.09 bits per heavy atom. The Bertz CT molecular complexity index is 886. The van der Waals surface area contributed by atoms with Gasteiger partial charge in [0.15, 0.2) is 0 Å². The molecular formula is C19H16ClNO2. The normalized spacial score (nSPS) is 11.1. The summed E-state index contributed by atoms with van der Waals surface area (Å²) in [6.07, 6.45) is 0. The van der Waals surface area contributed by atoms with Crippen LogP contribution in [0.5, 0.6) is 0 Å². The number of hydrogen-bond acceptors (Lipinski definition) is 2. The molecular weight excluding hydrogens is 310 g/mol. The van der Waals surface area contributed by atoms with Crippen LogP contribution in [0.25, 0.3) is 22.2 Å². The van der Waals surface area contributed by atoms with E-state index < -0.39 is 5.97 Å². The average molecular weight is 326 g/mol. The van der Waals surface area contributed by atoms with Crippen LogP contribution < -0.4 is 0 Å². The predicted octanol–water partition coefficient (Wildman–Crippen LogP) is 5.38. The Balaban J connectivity index is 2.18. The lowest BCUT2D eigenvalue weighted by Gasteiger charge is -2.09. The number of benzene rings is 2. The Labute approximate surface area is 139 Å². The number of halogens is 1. The zero-order valence-corrected chi connectivity index (χ0v) is 13.6. The highest BCUT2D eigenvalue weighted by Crippen LogP contribution is 2.28. The van der Waals surface area contributed by atoms with Crippen molar-refractivity contribution in [3.63, 3.8) is 0 Å². The van der Waals surface area contributed by atoms with Gasteiger partial charge in [-0.1, -0.05) is 49.7 Å². The molecule has 3 aromatic rings. The van der Waals surface area contributed by atoms with Crippen molar-refractivity contribution in [3.8, 4) is 11.3 Å². The molecule has 0 spiro atoms. The van der Waals surface area contributed by atoms with Gasteiger partial charge in [0, 0.05) is 16.0 Å². The van der Waals surface area contributed by atoms with Gasteiger partial charge in [-0.3, -0.25) is 0 Å². The monoisotopic (exact) mass is 325 g/mol. The lowest BCUT2D eigenvalue weighted by molar-refractivity contribution is 0.0699. The quantitative estimate of drug-likeness (QED) is 0.703. The molecule has 3 rings (SSSR count). The number of aromatic carboxylic acids is 1. The van der Waals surface area contributed by atoms with E-state index in [1.54, 1.807) is 24.3 Å². The minimum Gasteiger partial charge on any atom is -0.478 e. The number of carbonyl (C=O) groups is 1. The average Bonchev–Trinajstić information content (AvgIpc) is 2.53. The second-order valence-corrected chi connectivity index (χ2v) is 6.23. The number of fused-ring (bicyclic) bond motifs is 1. The summed E-state index contributed by atoms with van der Waals surface area (Å²) in [7, 11) is 0. The van der Waals surface area contributed by atoms with Crippen LogP contribution in [0.4, 0.5) is 0 Å². The fourth-order valence-electron chi connectivity index (χ4n) is 2.56. The van der Waals surface area contributed by atoms with E-state index in [1.165, 1.54) is 5.56 Å². The van der Waals surface area contributed by atoms with Crippen molar-refractivity contribution in [2.45, 2.75) is 19.8 Å². The van der Waals surface area contributed by atoms with Crippen LogP contribution in [0.1, 0.15) is 35.7 Å².